The van der Waals surface area contributed by atoms with Crippen LogP contribution >= 0.6 is 0 Å². The summed E-state index contributed by atoms with van der Waals surface area (Å²) in [6.07, 6.45) is 0. The number of hydrogen-bond acceptors (Lipinski definition) is 4. The number of anilines is 1. The van der Waals surface area contributed by atoms with Crippen molar-refractivity contribution in [3.8, 4) is 0 Å². The number of carbonyl (C=O) groups excluding carboxylic acids is 2. The van der Waals surface area contributed by atoms with Crippen molar-refractivity contribution in [1.82, 2.24) is 10.2 Å². The molecule has 1 N–H and O–H groups in total. The summed E-state index contributed by atoms with van der Waals surface area (Å²) in [4.78, 5) is 27.8. The summed E-state index contributed by atoms with van der Waals surface area (Å²) in [6, 6.07) is 15.6. The molecule has 0 aliphatic heterocycles. The molecule has 3 aromatic carbocycles. The number of benzene rings is 3. The van der Waals surface area contributed by atoms with Gasteiger partial charge in [-0.3, -0.25) is 13.9 Å². The summed E-state index contributed by atoms with van der Waals surface area (Å²) < 4.78 is 56.4. The molecule has 0 saturated carbocycles. The molecule has 208 valence electrons. The first kappa shape index (κ1) is 29.8. The van der Waals surface area contributed by atoms with Gasteiger partial charge in [0.2, 0.25) is 11.8 Å². The van der Waals surface area contributed by atoms with E-state index in [0.717, 1.165) is 39.0 Å². The third-order valence-electron chi connectivity index (χ3n) is 5.97. The van der Waals surface area contributed by atoms with E-state index < -0.39 is 51.6 Å². The Morgan fingerprint density at radius 3 is 2.08 bits per heavy atom. The van der Waals surface area contributed by atoms with Gasteiger partial charge < -0.3 is 10.2 Å². The largest absolute Gasteiger partial charge is 0.350 e. The van der Waals surface area contributed by atoms with Gasteiger partial charge in [-0.05, 0) is 77.1 Å². The highest BCUT2D eigenvalue weighted by Crippen LogP contribution is 2.25. The highest BCUT2D eigenvalue weighted by Gasteiger charge is 2.33. The number of aryl methyl sites for hydroxylation is 1. The van der Waals surface area contributed by atoms with Gasteiger partial charge in [-0.2, -0.15) is 0 Å². The molecule has 0 bridgehead atoms. The first-order chi connectivity index (χ1) is 18.2. The van der Waals surface area contributed by atoms with E-state index in [9.17, 15) is 26.8 Å². The Labute approximate surface area is 228 Å². The molecular formula is C29H33F2N3O4S. The number of nitrogens with one attached hydrogen (secondary N) is 1. The lowest BCUT2D eigenvalue weighted by molar-refractivity contribution is -0.140. The Morgan fingerprint density at radius 2 is 1.51 bits per heavy atom. The highest BCUT2D eigenvalue weighted by atomic mass is 32.2. The minimum absolute atomic E-state index is 0.171. The molecule has 0 radical (unpaired) electrons. The summed E-state index contributed by atoms with van der Waals surface area (Å²) in [5, 5.41) is 2.81. The van der Waals surface area contributed by atoms with Crippen LogP contribution in [0, 0.1) is 18.6 Å². The average molecular weight is 558 g/mol. The third kappa shape index (κ3) is 7.63. The molecule has 0 saturated heterocycles. The number of amides is 2. The van der Waals surface area contributed by atoms with Gasteiger partial charge in [0, 0.05) is 17.6 Å². The predicted molar refractivity (Wildman–Crippen MR) is 146 cm³/mol. The van der Waals surface area contributed by atoms with E-state index in [0.29, 0.717) is 0 Å². The second-order valence-corrected chi connectivity index (χ2v) is 12.2. The summed E-state index contributed by atoms with van der Waals surface area (Å²) >= 11 is 0. The normalized spacial score (nSPS) is 12.5. The molecule has 3 rings (SSSR count). The standard InChI is InChI=1S/C29H33F2N3O4S/c1-20-10-14-24(15-11-20)34(39(37,38)25-16-12-23(30)13-17-25)19-27(35)33(18-22-8-6-7-9-26(22)31)21(2)28(36)32-29(3,4)5/h6-17,21H,18-19H2,1-5H3,(H,32,36)/t21-/m1/s1. The van der Waals surface area contributed by atoms with Gasteiger partial charge in [0.15, 0.2) is 0 Å². The van der Waals surface area contributed by atoms with E-state index in [2.05, 4.69) is 5.32 Å². The van der Waals surface area contributed by atoms with Gasteiger partial charge in [0.25, 0.3) is 10.0 Å². The summed E-state index contributed by atoms with van der Waals surface area (Å²) in [7, 11) is -4.32. The lowest BCUT2D eigenvalue weighted by Gasteiger charge is -2.33. The van der Waals surface area contributed by atoms with Crippen LogP contribution < -0.4 is 9.62 Å². The summed E-state index contributed by atoms with van der Waals surface area (Å²) in [5.41, 5.74) is 0.649. The molecule has 39 heavy (non-hydrogen) atoms. The van der Waals surface area contributed by atoms with Crippen LogP contribution in [0.2, 0.25) is 0 Å². The van der Waals surface area contributed by atoms with Crippen LogP contribution in [-0.4, -0.2) is 43.3 Å². The van der Waals surface area contributed by atoms with Crippen molar-refractivity contribution in [2.75, 3.05) is 10.8 Å². The van der Waals surface area contributed by atoms with Crippen LogP contribution in [0.1, 0.15) is 38.8 Å². The zero-order valence-corrected chi connectivity index (χ0v) is 23.4. The SMILES string of the molecule is Cc1ccc(N(CC(=O)N(Cc2ccccc2F)[C@H](C)C(=O)NC(C)(C)C)S(=O)(=O)c2ccc(F)cc2)cc1. The van der Waals surface area contributed by atoms with Gasteiger partial charge in [0.05, 0.1) is 10.6 Å². The molecule has 2 amide bonds. The summed E-state index contributed by atoms with van der Waals surface area (Å²) in [6.45, 7) is 7.76. The quantitative estimate of drug-likeness (QED) is 0.410. The molecule has 0 aliphatic rings. The highest BCUT2D eigenvalue weighted by molar-refractivity contribution is 7.92. The molecule has 0 heterocycles. The van der Waals surface area contributed by atoms with Crippen LogP contribution in [0.4, 0.5) is 14.5 Å². The van der Waals surface area contributed by atoms with E-state index in [1.54, 1.807) is 51.1 Å². The van der Waals surface area contributed by atoms with Crippen molar-refractivity contribution < 1.29 is 26.8 Å². The molecule has 0 fully saturated rings. The van der Waals surface area contributed by atoms with Gasteiger partial charge in [-0.1, -0.05) is 35.9 Å². The molecular weight excluding hydrogens is 524 g/mol. The maximum atomic E-state index is 14.6. The number of halogens is 2. The second-order valence-electron chi connectivity index (χ2n) is 10.3. The first-order valence-electron chi connectivity index (χ1n) is 12.4. The van der Waals surface area contributed by atoms with Gasteiger partial charge in [-0.25, -0.2) is 17.2 Å². The second kappa shape index (κ2) is 11.9. The van der Waals surface area contributed by atoms with Gasteiger partial charge >= 0.3 is 0 Å². The summed E-state index contributed by atoms with van der Waals surface area (Å²) in [5.74, 6) is -2.37. The zero-order valence-electron chi connectivity index (χ0n) is 22.6. The maximum absolute atomic E-state index is 14.6. The smallest absolute Gasteiger partial charge is 0.264 e. The first-order valence-corrected chi connectivity index (χ1v) is 13.8. The Balaban J connectivity index is 2.04. The molecule has 0 aliphatic carbocycles. The van der Waals surface area contributed by atoms with E-state index in [1.807, 2.05) is 6.92 Å². The monoisotopic (exact) mass is 557 g/mol. The zero-order chi connectivity index (χ0) is 29.0. The van der Waals surface area contributed by atoms with Crippen molar-refractivity contribution in [3.63, 3.8) is 0 Å². The lowest BCUT2D eigenvalue weighted by atomic mass is 10.1. The van der Waals surface area contributed by atoms with Crippen LogP contribution in [0.25, 0.3) is 0 Å². The molecule has 0 spiro atoms. The van der Waals surface area contributed by atoms with E-state index in [4.69, 9.17) is 0 Å². The Bertz CT molecular complexity index is 1420. The molecule has 10 heteroatoms. The number of hydrogen-bond donors (Lipinski definition) is 1. The van der Waals surface area contributed by atoms with Gasteiger partial charge in [0.1, 0.15) is 24.2 Å². The molecule has 3 aromatic rings. The van der Waals surface area contributed by atoms with Crippen LogP contribution in [0.5, 0.6) is 0 Å². The van der Waals surface area contributed by atoms with Crippen LogP contribution in [0.15, 0.2) is 77.7 Å². The van der Waals surface area contributed by atoms with E-state index in [1.165, 1.54) is 25.1 Å². The number of sulfonamides is 1. The van der Waals surface area contributed by atoms with Crippen molar-refractivity contribution in [2.24, 2.45) is 0 Å². The Hall–Kier alpha value is -3.79. The topological polar surface area (TPSA) is 86.8 Å². The fourth-order valence-electron chi connectivity index (χ4n) is 3.84. The number of carbonyl (C=O) groups is 2. The molecule has 7 nitrogen and oxygen atoms in total. The minimum Gasteiger partial charge on any atom is -0.350 e. The fraction of sp³-hybridized carbons (Fsp3) is 0.310. The average Bonchev–Trinajstić information content (AvgIpc) is 2.86. The molecule has 0 unspecified atom stereocenters. The van der Waals surface area contributed by atoms with Crippen LogP contribution in [-0.2, 0) is 26.2 Å². The number of nitrogens with zero attached hydrogens (tertiary/aromatic N) is 2. The maximum Gasteiger partial charge on any atom is 0.264 e. The third-order valence-corrected chi connectivity index (χ3v) is 7.75. The van der Waals surface area contributed by atoms with Crippen molar-refractivity contribution in [3.05, 3.63) is 95.6 Å². The van der Waals surface area contributed by atoms with Crippen molar-refractivity contribution in [1.29, 1.82) is 0 Å². The van der Waals surface area contributed by atoms with E-state index in [-0.39, 0.29) is 22.7 Å². The van der Waals surface area contributed by atoms with Crippen molar-refractivity contribution in [2.45, 2.75) is 57.6 Å². The van der Waals surface area contributed by atoms with Gasteiger partial charge in [-0.15, -0.1) is 0 Å². The van der Waals surface area contributed by atoms with Crippen molar-refractivity contribution >= 4 is 27.5 Å². The predicted octanol–water partition coefficient (Wildman–Crippen LogP) is 4.80. The fourth-order valence-corrected chi connectivity index (χ4v) is 5.25. The van der Waals surface area contributed by atoms with Crippen LogP contribution in [0.3, 0.4) is 0 Å². The lowest BCUT2D eigenvalue weighted by Crippen LogP contribution is -2.54. The Morgan fingerprint density at radius 1 is 0.923 bits per heavy atom. The molecule has 1 atom stereocenters. The Kier molecular flexibility index (Phi) is 9.11. The minimum atomic E-state index is -4.32. The molecule has 0 aromatic heterocycles. The van der Waals surface area contributed by atoms with E-state index >= 15 is 0 Å². The number of rotatable bonds is 9.